The molecule has 0 amide bonds. The lowest BCUT2D eigenvalue weighted by Crippen LogP contribution is -2.39. The van der Waals surface area contributed by atoms with Crippen LogP contribution in [0.3, 0.4) is 0 Å². The van der Waals surface area contributed by atoms with Crippen molar-refractivity contribution >= 4 is 5.71 Å². The van der Waals surface area contributed by atoms with Gasteiger partial charge in [0.15, 0.2) is 6.10 Å². The van der Waals surface area contributed by atoms with Crippen LogP contribution in [-0.2, 0) is 14.3 Å². The lowest BCUT2D eigenvalue weighted by atomic mass is 9.88. The molecule has 3 aliphatic rings. The maximum Gasteiger partial charge on any atom is 0.159 e. The largest absolute Gasteiger partial charge is 0.389 e. The van der Waals surface area contributed by atoms with Crippen molar-refractivity contribution in [1.29, 1.82) is 0 Å². The molecule has 0 unspecified atom stereocenters. The molecule has 3 atom stereocenters. The summed E-state index contributed by atoms with van der Waals surface area (Å²) in [6.07, 6.45) is 4.29. The van der Waals surface area contributed by atoms with Gasteiger partial charge in [-0.25, -0.2) is 0 Å². The minimum Gasteiger partial charge on any atom is -0.389 e. The molecule has 0 aromatic carbocycles. The Labute approximate surface area is 89.6 Å². The summed E-state index contributed by atoms with van der Waals surface area (Å²) in [6, 6.07) is 0. The summed E-state index contributed by atoms with van der Waals surface area (Å²) >= 11 is 0. The molecule has 1 saturated heterocycles. The van der Waals surface area contributed by atoms with Gasteiger partial charge in [-0.1, -0.05) is 5.16 Å². The Hall–Kier alpha value is -0.610. The molecule has 0 N–H and O–H groups in total. The Kier molecular flexibility index (Phi) is 2.41. The Morgan fingerprint density at radius 1 is 1.47 bits per heavy atom. The van der Waals surface area contributed by atoms with Gasteiger partial charge in [0, 0.05) is 13.0 Å². The van der Waals surface area contributed by atoms with E-state index in [-0.39, 0.29) is 6.10 Å². The van der Waals surface area contributed by atoms with Crippen LogP contribution in [0.2, 0.25) is 0 Å². The van der Waals surface area contributed by atoms with Gasteiger partial charge >= 0.3 is 0 Å². The van der Waals surface area contributed by atoms with E-state index in [2.05, 4.69) is 5.16 Å². The second kappa shape index (κ2) is 3.76. The second-order valence-corrected chi connectivity index (χ2v) is 4.71. The van der Waals surface area contributed by atoms with E-state index < -0.39 is 0 Å². The van der Waals surface area contributed by atoms with E-state index in [0.29, 0.717) is 25.2 Å². The van der Waals surface area contributed by atoms with E-state index in [1.165, 1.54) is 12.8 Å². The zero-order valence-corrected chi connectivity index (χ0v) is 9.02. The number of ether oxygens (including phenoxy) is 2. The van der Waals surface area contributed by atoms with Gasteiger partial charge in [0.25, 0.3) is 0 Å². The predicted molar refractivity (Wildman–Crippen MR) is 54.8 cm³/mol. The molecule has 2 heterocycles. The summed E-state index contributed by atoms with van der Waals surface area (Å²) in [7, 11) is 1.71. The maximum absolute atomic E-state index is 5.79. The summed E-state index contributed by atoms with van der Waals surface area (Å²) in [5, 5.41) is 4.08. The maximum atomic E-state index is 5.79. The molecular weight excluding hydrogens is 194 g/mol. The highest BCUT2D eigenvalue weighted by molar-refractivity contribution is 5.89. The third-order valence-corrected chi connectivity index (χ3v) is 3.59. The lowest BCUT2D eigenvalue weighted by Gasteiger charge is -2.29. The highest BCUT2D eigenvalue weighted by atomic mass is 16.7. The number of hydrogen-bond acceptors (Lipinski definition) is 4. The van der Waals surface area contributed by atoms with Gasteiger partial charge < -0.3 is 14.3 Å². The summed E-state index contributed by atoms with van der Waals surface area (Å²) < 4.78 is 10.9. The summed E-state index contributed by atoms with van der Waals surface area (Å²) in [6.45, 7) is 1.29. The fourth-order valence-electron chi connectivity index (χ4n) is 2.53. The van der Waals surface area contributed by atoms with E-state index in [1.54, 1.807) is 7.11 Å². The van der Waals surface area contributed by atoms with Crippen molar-refractivity contribution in [3.8, 4) is 0 Å². The molecule has 2 fully saturated rings. The van der Waals surface area contributed by atoms with Crippen LogP contribution in [0.4, 0.5) is 0 Å². The van der Waals surface area contributed by atoms with E-state index in [0.717, 1.165) is 18.1 Å². The number of methoxy groups -OCH3 is 1. The van der Waals surface area contributed by atoms with E-state index in [1.807, 2.05) is 0 Å². The molecule has 1 aliphatic carbocycles. The van der Waals surface area contributed by atoms with Crippen LogP contribution in [-0.4, -0.2) is 38.2 Å². The zero-order valence-electron chi connectivity index (χ0n) is 9.02. The van der Waals surface area contributed by atoms with Crippen LogP contribution in [0.15, 0.2) is 5.16 Å². The summed E-state index contributed by atoms with van der Waals surface area (Å²) in [4.78, 5) is 5.37. The molecule has 84 valence electrons. The van der Waals surface area contributed by atoms with Gasteiger partial charge in [-0.05, 0) is 25.2 Å². The van der Waals surface area contributed by atoms with Gasteiger partial charge in [0.1, 0.15) is 0 Å². The standard InChI is InChI=1S/C11H17NO3/c1-13-6-11-8-4-10(7-2-3-7)14-5-9(8)12-15-11/h7-8,10-11H,2-6H2,1H3/t8-,10-,11+/m1/s1. The number of fused-ring (bicyclic) bond motifs is 1. The van der Waals surface area contributed by atoms with E-state index >= 15 is 0 Å². The molecule has 0 aromatic heterocycles. The summed E-state index contributed by atoms with van der Waals surface area (Å²) in [5.74, 6) is 1.24. The molecule has 4 nitrogen and oxygen atoms in total. The van der Waals surface area contributed by atoms with Crippen LogP contribution in [0.25, 0.3) is 0 Å². The van der Waals surface area contributed by atoms with Gasteiger partial charge in [0.05, 0.1) is 25.0 Å². The monoisotopic (exact) mass is 211 g/mol. The second-order valence-electron chi connectivity index (χ2n) is 4.71. The first-order valence-electron chi connectivity index (χ1n) is 5.71. The van der Waals surface area contributed by atoms with Gasteiger partial charge in [-0.15, -0.1) is 0 Å². The fraction of sp³-hybridized carbons (Fsp3) is 0.909. The zero-order chi connectivity index (χ0) is 10.3. The number of rotatable bonds is 3. The summed E-state index contributed by atoms with van der Waals surface area (Å²) in [5.41, 5.74) is 1.08. The minimum atomic E-state index is 0.121. The molecule has 2 aliphatic heterocycles. The number of hydrogen-bond donors (Lipinski definition) is 0. The van der Waals surface area contributed by atoms with Crippen LogP contribution < -0.4 is 0 Å². The predicted octanol–water partition coefficient (Wildman–Crippen LogP) is 1.20. The molecule has 0 bridgehead atoms. The Morgan fingerprint density at radius 3 is 3.07 bits per heavy atom. The molecule has 1 saturated carbocycles. The molecular formula is C11H17NO3. The highest BCUT2D eigenvalue weighted by Crippen LogP contribution is 2.41. The van der Waals surface area contributed by atoms with Crippen LogP contribution in [0.5, 0.6) is 0 Å². The SMILES string of the molecule is COC[C@@H]1ON=C2CO[C@@H](C3CC3)C[C@H]21. The van der Waals surface area contributed by atoms with Crippen molar-refractivity contribution in [2.45, 2.75) is 31.5 Å². The average molecular weight is 211 g/mol. The van der Waals surface area contributed by atoms with Gasteiger partial charge in [-0.2, -0.15) is 0 Å². The first-order chi connectivity index (χ1) is 7.38. The van der Waals surface area contributed by atoms with Crippen LogP contribution >= 0.6 is 0 Å². The normalized spacial score (nSPS) is 39.5. The third kappa shape index (κ3) is 1.76. The quantitative estimate of drug-likeness (QED) is 0.704. The topological polar surface area (TPSA) is 40.0 Å². The number of oxime groups is 1. The fourth-order valence-corrected chi connectivity index (χ4v) is 2.53. The van der Waals surface area contributed by atoms with Crippen molar-refractivity contribution in [3.63, 3.8) is 0 Å². The Morgan fingerprint density at radius 2 is 2.33 bits per heavy atom. The minimum absolute atomic E-state index is 0.121. The Bertz CT molecular complexity index is 275. The van der Waals surface area contributed by atoms with Crippen molar-refractivity contribution < 1.29 is 14.3 Å². The molecule has 0 aromatic rings. The van der Waals surface area contributed by atoms with Crippen molar-refractivity contribution in [2.24, 2.45) is 17.0 Å². The van der Waals surface area contributed by atoms with Crippen molar-refractivity contribution in [2.75, 3.05) is 20.3 Å². The van der Waals surface area contributed by atoms with Crippen LogP contribution in [0, 0.1) is 11.8 Å². The Balaban J connectivity index is 1.65. The molecule has 0 radical (unpaired) electrons. The smallest absolute Gasteiger partial charge is 0.159 e. The van der Waals surface area contributed by atoms with Gasteiger partial charge in [0.2, 0.25) is 0 Å². The molecule has 3 rings (SSSR count). The first-order valence-corrected chi connectivity index (χ1v) is 5.71. The highest BCUT2D eigenvalue weighted by Gasteiger charge is 2.44. The number of nitrogens with zero attached hydrogens (tertiary/aromatic N) is 1. The van der Waals surface area contributed by atoms with Crippen molar-refractivity contribution in [1.82, 2.24) is 0 Å². The third-order valence-electron chi connectivity index (χ3n) is 3.59. The average Bonchev–Trinajstić information content (AvgIpc) is 3.03. The first kappa shape index (κ1) is 9.60. The lowest BCUT2D eigenvalue weighted by molar-refractivity contribution is -0.0223. The van der Waals surface area contributed by atoms with Crippen LogP contribution in [0.1, 0.15) is 19.3 Å². The van der Waals surface area contributed by atoms with E-state index in [4.69, 9.17) is 14.3 Å². The van der Waals surface area contributed by atoms with E-state index in [9.17, 15) is 0 Å². The van der Waals surface area contributed by atoms with Gasteiger partial charge in [-0.3, -0.25) is 0 Å². The molecule has 15 heavy (non-hydrogen) atoms. The van der Waals surface area contributed by atoms with Crippen molar-refractivity contribution in [3.05, 3.63) is 0 Å². The molecule has 4 heteroatoms. The molecule has 0 spiro atoms.